The lowest BCUT2D eigenvalue weighted by atomic mass is 9.83. The van der Waals surface area contributed by atoms with Gasteiger partial charge in [0.15, 0.2) is 0 Å². The summed E-state index contributed by atoms with van der Waals surface area (Å²) in [7, 11) is 1.67. The highest BCUT2D eigenvalue weighted by atomic mass is 35.5. The van der Waals surface area contributed by atoms with Gasteiger partial charge in [0.25, 0.3) is 5.56 Å². The van der Waals surface area contributed by atoms with Gasteiger partial charge in [0.2, 0.25) is 0 Å². The molecule has 26 heavy (non-hydrogen) atoms. The SMILES string of the molecule is Cn1ccc2ccc(NC3(c4c(F)ccc(Cl)c4Cl)CNC3)nc2c1=O. The van der Waals surface area contributed by atoms with Crippen LogP contribution >= 0.6 is 23.2 Å². The minimum absolute atomic E-state index is 0.178. The lowest BCUT2D eigenvalue weighted by Gasteiger charge is -2.44. The fraction of sp³-hybridized carbons (Fsp3) is 0.222. The predicted molar refractivity (Wildman–Crippen MR) is 102 cm³/mol. The van der Waals surface area contributed by atoms with Gasteiger partial charge in [-0.15, -0.1) is 0 Å². The molecule has 1 saturated heterocycles. The van der Waals surface area contributed by atoms with Crippen LogP contribution in [0.25, 0.3) is 10.9 Å². The molecule has 3 heterocycles. The zero-order valence-corrected chi connectivity index (χ0v) is 15.3. The molecule has 1 aliphatic heterocycles. The third kappa shape index (κ3) is 2.65. The highest BCUT2D eigenvalue weighted by molar-refractivity contribution is 6.42. The molecule has 1 aromatic carbocycles. The Hall–Kier alpha value is -2.15. The zero-order valence-electron chi connectivity index (χ0n) is 13.8. The Morgan fingerprint density at radius 3 is 2.69 bits per heavy atom. The molecule has 0 spiro atoms. The maximum Gasteiger partial charge on any atom is 0.276 e. The predicted octanol–water partition coefficient (Wildman–Crippen LogP) is 3.29. The Morgan fingerprint density at radius 2 is 2.00 bits per heavy atom. The number of anilines is 1. The first-order valence-corrected chi connectivity index (χ1v) is 8.76. The minimum Gasteiger partial charge on any atom is -0.358 e. The quantitative estimate of drug-likeness (QED) is 0.671. The van der Waals surface area contributed by atoms with Gasteiger partial charge in [0.1, 0.15) is 17.2 Å². The van der Waals surface area contributed by atoms with Crippen molar-refractivity contribution in [3.05, 3.63) is 68.3 Å². The van der Waals surface area contributed by atoms with Crippen molar-refractivity contribution in [2.45, 2.75) is 5.54 Å². The first-order chi connectivity index (χ1) is 12.4. The number of benzene rings is 1. The maximum absolute atomic E-state index is 14.5. The number of halogens is 3. The Kier molecular flexibility index (Phi) is 4.14. The van der Waals surface area contributed by atoms with E-state index in [1.165, 1.54) is 16.7 Å². The second-order valence-electron chi connectivity index (χ2n) is 6.39. The van der Waals surface area contributed by atoms with Crippen LogP contribution in [0.4, 0.5) is 10.2 Å². The van der Waals surface area contributed by atoms with Crippen LogP contribution in [-0.4, -0.2) is 22.6 Å². The van der Waals surface area contributed by atoms with E-state index in [-0.39, 0.29) is 15.6 Å². The molecular formula is C18H15Cl2FN4O. The van der Waals surface area contributed by atoms with Crippen molar-refractivity contribution >= 4 is 39.9 Å². The lowest BCUT2D eigenvalue weighted by Crippen LogP contribution is -2.62. The van der Waals surface area contributed by atoms with E-state index in [9.17, 15) is 9.18 Å². The second kappa shape index (κ2) is 6.23. The molecule has 0 amide bonds. The van der Waals surface area contributed by atoms with Gasteiger partial charge in [-0.3, -0.25) is 4.79 Å². The minimum atomic E-state index is -0.785. The molecule has 134 valence electrons. The van der Waals surface area contributed by atoms with Crippen LogP contribution < -0.4 is 16.2 Å². The maximum atomic E-state index is 14.5. The van der Waals surface area contributed by atoms with Crippen molar-refractivity contribution in [3.8, 4) is 0 Å². The van der Waals surface area contributed by atoms with E-state index in [4.69, 9.17) is 23.2 Å². The van der Waals surface area contributed by atoms with E-state index in [2.05, 4.69) is 15.6 Å². The molecule has 4 rings (SSSR count). The molecule has 5 nitrogen and oxygen atoms in total. The van der Waals surface area contributed by atoms with Crippen LogP contribution in [-0.2, 0) is 12.6 Å². The fourth-order valence-corrected chi connectivity index (χ4v) is 3.68. The molecule has 0 bridgehead atoms. The Balaban J connectivity index is 1.81. The third-order valence-corrected chi connectivity index (χ3v) is 5.47. The zero-order chi connectivity index (χ0) is 18.5. The molecule has 1 fully saturated rings. The van der Waals surface area contributed by atoms with Crippen LogP contribution in [0.3, 0.4) is 0 Å². The molecular weight excluding hydrogens is 378 g/mol. The molecule has 0 saturated carbocycles. The molecule has 0 atom stereocenters. The van der Waals surface area contributed by atoms with E-state index < -0.39 is 11.4 Å². The monoisotopic (exact) mass is 392 g/mol. The first kappa shape index (κ1) is 17.3. The fourth-order valence-electron chi connectivity index (χ4n) is 3.19. The van der Waals surface area contributed by atoms with Gasteiger partial charge in [-0.2, -0.15) is 0 Å². The summed E-state index contributed by atoms with van der Waals surface area (Å²) in [6.07, 6.45) is 1.69. The van der Waals surface area contributed by atoms with Crippen molar-refractivity contribution in [1.82, 2.24) is 14.9 Å². The first-order valence-electron chi connectivity index (χ1n) is 8.00. The molecule has 2 aromatic heterocycles. The van der Waals surface area contributed by atoms with Crippen molar-refractivity contribution in [3.63, 3.8) is 0 Å². The molecule has 0 unspecified atom stereocenters. The number of hydrogen-bond donors (Lipinski definition) is 2. The topological polar surface area (TPSA) is 59.0 Å². The lowest BCUT2D eigenvalue weighted by molar-refractivity contribution is 0.306. The summed E-state index contributed by atoms with van der Waals surface area (Å²) in [6, 6.07) is 8.12. The van der Waals surface area contributed by atoms with E-state index in [1.807, 2.05) is 12.1 Å². The Morgan fingerprint density at radius 1 is 1.23 bits per heavy atom. The molecule has 0 radical (unpaired) electrons. The third-order valence-electron chi connectivity index (χ3n) is 4.67. The number of hydrogen-bond acceptors (Lipinski definition) is 4. The number of pyridine rings is 2. The van der Waals surface area contributed by atoms with Crippen LogP contribution in [0.15, 0.2) is 41.3 Å². The smallest absolute Gasteiger partial charge is 0.276 e. The van der Waals surface area contributed by atoms with Gasteiger partial charge >= 0.3 is 0 Å². The largest absolute Gasteiger partial charge is 0.358 e. The summed E-state index contributed by atoms with van der Waals surface area (Å²) in [5, 5.41) is 7.59. The van der Waals surface area contributed by atoms with Gasteiger partial charge < -0.3 is 15.2 Å². The van der Waals surface area contributed by atoms with Crippen LogP contribution in [0.2, 0.25) is 10.0 Å². The van der Waals surface area contributed by atoms with Gasteiger partial charge in [0, 0.05) is 37.3 Å². The van der Waals surface area contributed by atoms with Gasteiger partial charge in [-0.05, 0) is 30.3 Å². The Bertz CT molecular complexity index is 1080. The summed E-state index contributed by atoms with van der Waals surface area (Å²) in [5.41, 5.74) is -0.334. The average Bonchev–Trinajstić information content (AvgIpc) is 2.59. The highest BCUT2D eigenvalue weighted by Gasteiger charge is 2.43. The molecule has 2 N–H and O–H groups in total. The van der Waals surface area contributed by atoms with Gasteiger partial charge in [-0.25, -0.2) is 9.37 Å². The number of aryl methyl sites for hydroxylation is 1. The van der Waals surface area contributed by atoms with E-state index >= 15 is 0 Å². The molecule has 8 heteroatoms. The summed E-state index contributed by atoms with van der Waals surface area (Å²) in [5.74, 6) is 0.0304. The second-order valence-corrected chi connectivity index (χ2v) is 7.18. The highest BCUT2D eigenvalue weighted by Crippen LogP contribution is 2.39. The van der Waals surface area contributed by atoms with E-state index in [1.54, 1.807) is 19.3 Å². The standard InChI is InChI=1S/C18H15Cl2FN4O/c1-25-7-6-10-2-5-13(23-16(10)17(25)26)24-18(8-22-9-18)14-12(21)4-3-11(19)15(14)20/h2-7,22H,8-9H2,1H3,(H,23,24). The Labute approximate surface area is 158 Å². The van der Waals surface area contributed by atoms with Gasteiger partial charge in [0.05, 0.1) is 15.6 Å². The number of nitrogens with one attached hydrogen (secondary N) is 2. The van der Waals surface area contributed by atoms with Crippen LogP contribution in [0.5, 0.6) is 0 Å². The van der Waals surface area contributed by atoms with Crippen molar-refractivity contribution < 1.29 is 4.39 Å². The van der Waals surface area contributed by atoms with Crippen molar-refractivity contribution in [1.29, 1.82) is 0 Å². The van der Waals surface area contributed by atoms with Crippen molar-refractivity contribution in [2.24, 2.45) is 7.05 Å². The summed E-state index contributed by atoms with van der Waals surface area (Å²) < 4.78 is 16.0. The van der Waals surface area contributed by atoms with Crippen LogP contribution in [0.1, 0.15) is 5.56 Å². The van der Waals surface area contributed by atoms with Gasteiger partial charge in [-0.1, -0.05) is 23.2 Å². The van der Waals surface area contributed by atoms with E-state index in [0.717, 1.165) is 5.39 Å². The number of fused-ring (bicyclic) bond motifs is 1. The average molecular weight is 393 g/mol. The summed E-state index contributed by atoms with van der Waals surface area (Å²) in [6.45, 7) is 0.910. The van der Waals surface area contributed by atoms with Crippen LogP contribution in [0, 0.1) is 5.82 Å². The number of aromatic nitrogens is 2. The number of rotatable bonds is 3. The molecule has 1 aliphatic rings. The summed E-state index contributed by atoms with van der Waals surface area (Å²) in [4.78, 5) is 16.8. The molecule has 3 aromatic rings. The normalized spacial score (nSPS) is 15.7. The number of nitrogens with zero attached hydrogens (tertiary/aromatic N) is 2. The van der Waals surface area contributed by atoms with Crippen molar-refractivity contribution in [2.75, 3.05) is 18.4 Å². The summed E-state index contributed by atoms with van der Waals surface area (Å²) >= 11 is 12.4. The van der Waals surface area contributed by atoms with E-state index in [0.29, 0.717) is 30.0 Å². The molecule has 0 aliphatic carbocycles.